The lowest BCUT2D eigenvalue weighted by Crippen LogP contribution is -1.89. The summed E-state index contributed by atoms with van der Waals surface area (Å²) < 4.78 is 0. The van der Waals surface area contributed by atoms with Gasteiger partial charge in [0, 0.05) is 7.62 Å². The Morgan fingerprint density at radius 3 is 2.93 bits per heavy atom. The van der Waals surface area contributed by atoms with Crippen LogP contribution in [0, 0.1) is 0 Å². The van der Waals surface area contributed by atoms with Crippen LogP contribution in [-0.4, -0.2) is 15.2 Å². The van der Waals surface area contributed by atoms with Crippen molar-refractivity contribution in [2.24, 2.45) is 0 Å². The van der Waals surface area contributed by atoms with Gasteiger partial charge in [-0.1, -0.05) is 20.8 Å². The Kier molecular flexibility index (Phi) is 2.23. The Balaban J connectivity index is 0.00000112. The molecule has 0 fully saturated rings. The van der Waals surface area contributed by atoms with Crippen molar-refractivity contribution in [3.8, 4) is 0 Å². The minimum Gasteiger partial charge on any atom is -0.280 e. The number of fused-ring (bicyclic) bond motifs is 1. The summed E-state index contributed by atoms with van der Waals surface area (Å²) >= 11 is 0. The number of pyridine rings is 1. The van der Waals surface area contributed by atoms with Crippen molar-refractivity contribution in [1.82, 2.24) is 15.2 Å². The van der Waals surface area contributed by atoms with Crippen LogP contribution in [0.4, 0.5) is 0 Å². The van der Waals surface area contributed by atoms with Crippen molar-refractivity contribution in [2.75, 3.05) is 0 Å². The van der Waals surface area contributed by atoms with Crippen LogP contribution in [-0.2, 0) is 6.42 Å². The van der Waals surface area contributed by atoms with E-state index < -0.39 is 0 Å². The second-order valence-electron chi connectivity index (χ2n) is 3.85. The third kappa shape index (κ3) is 1.39. The van der Waals surface area contributed by atoms with Gasteiger partial charge in [0.25, 0.3) is 0 Å². The molecule has 0 aromatic carbocycles. The van der Waals surface area contributed by atoms with Crippen molar-refractivity contribution in [3.05, 3.63) is 23.5 Å². The Labute approximate surface area is 85.0 Å². The molecule has 0 unspecified atom stereocenters. The molecule has 0 radical (unpaired) electrons. The number of aryl methyl sites for hydroxylation is 1. The fourth-order valence-electron chi connectivity index (χ4n) is 1.53. The number of hydrogen-bond donors (Lipinski definition) is 1. The monoisotopic (exact) mass is 191 g/mol. The maximum Gasteiger partial charge on any atom is 0.111 e. The van der Waals surface area contributed by atoms with Crippen LogP contribution in [0.1, 0.15) is 39.4 Å². The Bertz CT molecular complexity index is 448. The first-order valence-corrected chi connectivity index (χ1v) is 5.05. The zero-order chi connectivity index (χ0) is 10.1. The molecule has 3 heteroatoms. The van der Waals surface area contributed by atoms with E-state index in [1.807, 2.05) is 6.20 Å². The van der Waals surface area contributed by atoms with Gasteiger partial charge in [-0.25, -0.2) is 0 Å². The summed E-state index contributed by atoms with van der Waals surface area (Å²) in [7, 11) is 0. The molecule has 2 heterocycles. The van der Waals surface area contributed by atoms with Gasteiger partial charge in [-0.3, -0.25) is 10.1 Å². The molecule has 0 bridgehead atoms. The van der Waals surface area contributed by atoms with E-state index in [4.69, 9.17) is 0 Å². The maximum absolute atomic E-state index is 4.44. The van der Waals surface area contributed by atoms with E-state index in [1.54, 1.807) is 0 Å². The van der Waals surface area contributed by atoms with Gasteiger partial charge in [0.2, 0.25) is 0 Å². The lowest BCUT2D eigenvalue weighted by Gasteiger charge is -2.03. The van der Waals surface area contributed by atoms with Crippen molar-refractivity contribution in [1.29, 1.82) is 0 Å². The topological polar surface area (TPSA) is 41.6 Å². The van der Waals surface area contributed by atoms with Crippen LogP contribution < -0.4 is 0 Å². The van der Waals surface area contributed by atoms with Crippen molar-refractivity contribution in [2.45, 2.75) is 33.1 Å². The molecule has 2 rings (SSSR count). The molecule has 0 spiro atoms. The number of nitrogens with one attached hydrogen (secondary N) is 1. The number of aromatic amines is 1. The second-order valence-corrected chi connectivity index (χ2v) is 3.85. The molecule has 0 atom stereocenters. The van der Waals surface area contributed by atoms with Crippen LogP contribution in [0.2, 0.25) is 0 Å². The number of H-pyrrole nitrogens is 1. The second kappa shape index (κ2) is 3.40. The highest BCUT2D eigenvalue weighted by molar-refractivity contribution is 5.77. The van der Waals surface area contributed by atoms with Gasteiger partial charge in [0.15, 0.2) is 0 Å². The SMILES string of the molecule is CCc1[nH]nc2cc(C(C)C)cnc12.[HH]. The zero-order valence-electron chi connectivity index (χ0n) is 8.83. The third-order valence-corrected chi connectivity index (χ3v) is 2.51. The highest BCUT2D eigenvalue weighted by Gasteiger charge is 2.07. The molecule has 0 saturated heterocycles. The lowest BCUT2D eigenvalue weighted by atomic mass is 10.1. The molecule has 3 nitrogen and oxygen atoms in total. The largest absolute Gasteiger partial charge is 0.280 e. The number of aromatic nitrogens is 3. The van der Waals surface area contributed by atoms with Crippen molar-refractivity contribution >= 4 is 11.0 Å². The molecular weight excluding hydrogens is 174 g/mol. The Morgan fingerprint density at radius 2 is 2.29 bits per heavy atom. The van der Waals surface area contributed by atoms with Crippen LogP contribution in [0.3, 0.4) is 0 Å². The average Bonchev–Trinajstić information content (AvgIpc) is 2.59. The molecule has 14 heavy (non-hydrogen) atoms. The lowest BCUT2D eigenvalue weighted by molar-refractivity contribution is 0.861. The van der Waals surface area contributed by atoms with Crippen LogP contribution >= 0.6 is 0 Å². The first-order valence-electron chi connectivity index (χ1n) is 5.05. The molecule has 0 aliphatic carbocycles. The minimum absolute atomic E-state index is 0. The number of nitrogens with zero attached hydrogens (tertiary/aromatic N) is 2. The fraction of sp³-hybridized carbons (Fsp3) is 0.455. The van der Waals surface area contributed by atoms with E-state index in [9.17, 15) is 0 Å². The summed E-state index contributed by atoms with van der Waals surface area (Å²) in [6, 6.07) is 2.11. The fourth-order valence-corrected chi connectivity index (χ4v) is 1.53. The first-order chi connectivity index (χ1) is 6.72. The maximum atomic E-state index is 4.44. The van der Waals surface area contributed by atoms with E-state index >= 15 is 0 Å². The van der Waals surface area contributed by atoms with Gasteiger partial charge in [-0.2, -0.15) is 5.10 Å². The normalized spacial score (nSPS) is 11.4. The molecule has 2 aromatic rings. The van der Waals surface area contributed by atoms with Crippen molar-refractivity contribution < 1.29 is 1.43 Å². The van der Waals surface area contributed by atoms with E-state index in [0.717, 1.165) is 23.1 Å². The van der Waals surface area contributed by atoms with E-state index in [0.29, 0.717) is 5.92 Å². The van der Waals surface area contributed by atoms with Crippen LogP contribution in [0.25, 0.3) is 11.0 Å². The summed E-state index contributed by atoms with van der Waals surface area (Å²) in [5.41, 5.74) is 4.35. The highest BCUT2D eigenvalue weighted by atomic mass is 15.1. The smallest absolute Gasteiger partial charge is 0.111 e. The van der Waals surface area contributed by atoms with E-state index in [-0.39, 0.29) is 1.43 Å². The van der Waals surface area contributed by atoms with Gasteiger partial charge >= 0.3 is 0 Å². The average molecular weight is 191 g/mol. The summed E-state index contributed by atoms with van der Waals surface area (Å²) in [5.74, 6) is 0.508. The molecule has 0 aliphatic rings. The van der Waals surface area contributed by atoms with Gasteiger partial charge < -0.3 is 0 Å². The summed E-state index contributed by atoms with van der Waals surface area (Å²) in [5, 5.41) is 7.26. The molecule has 0 saturated carbocycles. The van der Waals surface area contributed by atoms with E-state index in [2.05, 4.69) is 42.0 Å². The van der Waals surface area contributed by atoms with Gasteiger partial charge in [-0.15, -0.1) is 0 Å². The van der Waals surface area contributed by atoms with E-state index in [1.165, 1.54) is 5.56 Å². The standard InChI is InChI=1S/C11H15N3.H2/c1-4-9-11-10(14-13-9)5-8(6-12-11)7(2)3;/h5-7H,4H2,1-3H3,(H,13,14);1H. The van der Waals surface area contributed by atoms with Gasteiger partial charge in [0.1, 0.15) is 11.0 Å². The number of hydrogen-bond acceptors (Lipinski definition) is 2. The Morgan fingerprint density at radius 1 is 1.50 bits per heavy atom. The highest BCUT2D eigenvalue weighted by Crippen LogP contribution is 2.19. The zero-order valence-corrected chi connectivity index (χ0v) is 8.83. The predicted molar refractivity (Wildman–Crippen MR) is 59.5 cm³/mol. The molecule has 1 N–H and O–H groups in total. The van der Waals surface area contributed by atoms with Crippen LogP contribution in [0.15, 0.2) is 12.3 Å². The first kappa shape index (κ1) is 9.19. The van der Waals surface area contributed by atoms with Gasteiger partial charge in [0.05, 0.1) is 5.69 Å². The predicted octanol–water partition coefficient (Wildman–Crippen LogP) is 2.89. The molecule has 0 amide bonds. The quantitative estimate of drug-likeness (QED) is 0.793. The minimum atomic E-state index is 0. The summed E-state index contributed by atoms with van der Waals surface area (Å²) in [4.78, 5) is 4.44. The third-order valence-electron chi connectivity index (χ3n) is 2.51. The molecule has 2 aromatic heterocycles. The Hall–Kier alpha value is -1.38. The summed E-state index contributed by atoms with van der Waals surface area (Å²) in [6.07, 6.45) is 2.90. The van der Waals surface area contributed by atoms with Crippen molar-refractivity contribution in [3.63, 3.8) is 0 Å². The van der Waals surface area contributed by atoms with Gasteiger partial charge in [-0.05, 0) is 24.0 Å². The number of rotatable bonds is 2. The molecule has 76 valence electrons. The molecule has 0 aliphatic heterocycles. The summed E-state index contributed by atoms with van der Waals surface area (Å²) in [6.45, 7) is 6.43. The van der Waals surface area contributed by atoms with Crippen LogP contribution in [0.5, 0.6) is 0 Å². The molecular formula is C11H17N3.